The van der Waals surface area contributed by atoms with Crippen LogP contribution in [0.1, 0.15) is 60.3 Å². The fourth-order valence-corrected chi connectivity index (χ4v) is 4.95. The summed E-state index contributed by atoms with van der Waals surface area (Å²) < 4.78 is 0.743. The van der Waals surface area contributed by atoms with E-state index in [2.05, 4.69) is 25.8 Å². The van der Waals surface area contributed by atoms with Gasteiger partial charge in [0, 0.05) is 13.1 Å². The Morgan fingerprint density at radius 1 is 1.12 bits per heavy atom. The van der Waals surface area contributed by atoms with Crippen LogP contribution < -0.4 is 4.90 Å². The van der Waals surface area contributed by atoms with Gasteiger partial charge in [0.2, 0.25) is 0 Å². The third kappa shape index (κ3) is 2.96. The second-order valence-corrected chi connectivity index (χ2v) is 7.98. The van der Waals surface area contributed by atoms with Crippen molar-refractivity contribution in [1.29, 1.82) is 0 Å². The number of rotatable bonds is 3. The zero-order valence-electron chi connectivity index (χ0n) is 14.2. The molecule has 2 aliphatic rings. The summed E-state index contributed by atoms with van der Waals surface area (Å²) in [5, 5.41) is 9.24. The van der Waals surface area contributed by atoms with E-state index in [1.54, 1.807) is 6.92 Å². The van der Waals surface area contributed by atoms with E-state index in [9.17, 15) is 14.7 Å². The Morgan fingerprint density at radius 3 is 2.38 bits per heavy atom. The van der Waals surface area contributed by atoms with E-state index in [0.717, 1.165) is 35.4 Å². The van der Waals surface area contributed by atoms with Crippen molar-refractivity contribution in [1.82, 2.24) is 4.98 Å². The van der Waals surface area contributed by atoms with Crippen LogP contribution in [0.25, 0.3) is 0 Å². The predicted molar refractivity (Wildman–Crippen MR) is 95.7 cm³/mol. The molecule has 1 aliphatic carbocycles. The minimum absolute atomic E-state index is 0.232. The topological polar surface area (TPSA) is 70.5 Å². The molecule has 5 nitrogen and oxygen atoms in total. The summed E-state index contributed by atoms with van der Waals surface area (Å²) in [7, 11) is 0. The molecule has 130 valence electrons. The molecule has 6 heteroatoms. The number of aliphatic carboxylic acids is 1. The Balaban J connectivity index is 2.08. The van der Waals surface area contributed by atoms with Gasteiger partial charge in [-0.25, -0.2) is 4.79 Å². The third-order valence-corrected chi connectivity index (χ3v) is 6.47. The Kier molecular flexibility index (Phi) is 4.69. The van der Waals surface area contributed by atoms with E-state index in [1.165, 1.54) is 32.1 Å². The first-order valence-corrected chi connectivity index (χ1v) is 9.33. The van der Waals surface area contributed by atoms with E-state index in [-0.39, 0.29) is 5.56 Å². The second-order valence-electron chi connectivity index (χ2n) is 7.19. The lowest BCUT2D eigenvalue weighted by Crippen LogP contribution is -2.43. The van der Waals surface area contributed by atoms with Gasteiger partial charge in [-0.15, -0.1) is 0 Å². The van der Waals surface area contributed by atoms with Crippen LogP contribution in [0.4, 0.5) is 5.69 Å². The van der Waals surface area contributed by atoms with E-state index < -0.39 is 11.8 Å². The lowest BCUT2D eigenvalue weighted by molar-refractivity contribution is -0.131. The van der Waals surface area contributed by atoms with Crippen molar-refractivity contribution in [3.05, 3.63) is 21.4 Å². The van der Waals surface area contributed by atoms with Crippen LogP contribution >= 0.6 is 15.9 Å². The molecule has 1 saturated carbocycles. The van der Waals surface area contributed by atoms with Gasteiger partial charge < -0.3 is 10.0 Å². The largest absolute Gasteiger partial charge is 0.475 e. The molecule has 24 heavy (non-hydrogen) atoms. The summed E-state index contributed by atoms with van der Waals surface area (Å²) >= 11 is 3.57. The van der Waals surface area contributed by atoms with Gasteiger partial charge in [0.15, 0.2) is 0 Å². The Bertz CT molecular complexity index is 696. The lowest BCUT2D eigenvalue weighted by Gasteiger charge is -2.42. The average Bonchev–Trinajstić information content (AvgIpc) is 2.97. The molecule has 0 aromatic carbocycles. The molecule has 0 amide bonds. The summed E-state index contributed by atoms with van der Waals surface area (Å²) in [6, 6.07) is 0. The van der Waals surface area contributed by atoms with Gasteiger partial charge in [-0.05, 0) is 60.9 Å². The van der Waals surface area contributed by atoms with E-state index >= 15 is 0 Å². The van der Waals surface area contributed by atoms with Crippen molar-refractivity contribution >= 4 is 33.4 Å². The summed E-state index contributed by atoms with van der Waals surface area (Å²) in [5.74, 6) is -2.30. The molecule has 1 aromatic heterocycles. The number of hydrogen-bond acceptors (Lipinski definition) is 4. The number of carboxylic acid groups (broad SMARTS) is 1. The molecular weight excluding hydrogens is 372 g/mol. The van der Waals surface area contributed by atoms with E-state index in [1.807, 2.05) is 6.92 Å². The third-order valence-electron chi connectivity index (χ3n) is 5.52. The van der Waals surface area contributed by atoms with Crippen LogP contribution in [-0.4, -0.2) is 34.9 Å². The Labute approximate surface area is 150 Å². The fourth-order valence-electron chi connectivity index (χ4n) is 4.42. The molecule has 0 unspecified atom stereocenters. The summed E-state index contributed by atoms with van der Waals surface area (Å²) in [6.07, 6.45) is 7.30. The molecule has 0 bridgehead atoms. The van der Waals surface area contributed by atoms with Crippen molar-refractivity contribution in [3.8, 4) is 0 Å². The first-order valence-electron chi connectivity index (χ1n) is 8.54. The molecule has 1 aliphatic heterocycles. The van der Waals surface area contributed by atoms with E-state index in [0.29, 0.717) is 11.1 Å². The number of nitrogens with zero attached hydrogens (tertiary/aromatic N) is 2. The predicted octanol–water partition coefficient (Wildman–Crippen LogP) is 3.89. The monoisotopic (exact) mass is 394 g/mol. The van der Waals surface area contributed by atoms with Gasteiger partial charge >= 0.3 is 5.97 Å². The first-order chi connectivity index (χ1) is 11.3. The standard InChI is InChI=1S/C18H23BrN2O3/c1-11-13(16(22)17(23)24)15(14(19)12(2)20-11)21-9-5-8-18(10-21)6-3-4-7-18/h3-10H2,1-2H3,(H,23,24). The fraction of sp³-hybridized carbons (Fsp3) is 0.611. The van der Waals surface area contributed by atoms with Crippen molar-refractivity contribution in [2.75, 3.05) is 18.0 Å². The zero-order valence-corrected chi connectivity index (χ0v) is 15.8. The van der Waals surface area contributed by atoms with Gasteiger partial charge in [0.05, 0.1) is 27.1 Å². The normalized spacial score (nSPS) is 19.7. The van der Waals surface area contributed by atoms with Crippen molar-refractivity contribution in [2.45, 2.75) is 52.4 Å². The summed E-state index contributed by atoms with van der Waals surface area (Å²) in [4.78, 5) is 30.2. The molecule has 1 aromatic rings. The first kappa shape index (κ1) is 17.4. The van der Waals surface area contributed by atoms with Crippen LogP contribution in [0.5, 0.6) is 0 Å². The number of Topliss-reactive ketones (excluding diaryl/α,β-unsaturated/α-hetero) is 1. The van der Waals surface area contributed by atoms with Gasteiger partial charge in [-0.1, -0.05) is 12.8 Å². The Hall–Kier alpha value is -1.43. The van der Waals surface area contributed by atoms with Gasteiger partial charge in [-0.3, -0.25) is 9.78 Å². The maximum atomic E-state index is 12.3. The highest BCUT2D eigenvalue weighted by Gasteiger charge is 2.40. The quantitative estimate of drug-likeness (QED) is 0.621. The number of piperidine rings is 1. The van der Waals surface area contributed by atoms with Crippen LogP contribution in [0.3, 0.4) is 0 Å². The number of anilines is 1. The smallest absolute Gasteiger partial charge is 0.377 e. The number of aromatic nitrogens is 1. The molecule has 1 spiro atoms. The highest BCUT2D eigenvalue weighted by Crippen LogP contribution is 2.47. The number of carbonyl (C=O) groups is 2. The molecule has 2 heterocycles. The molecule has 0 radical (unpaired) electrons. The molecule has 0 atom stereocenters. The number of halogens is 1. The number of hydrogen-bond donors (Lipinski definition) is 1. The molecule has 1 saturated heterocycles. The molecule has 2 fully saturated rings. The Morgan fingerprint density at radius 2 is 1.75 bits per heavy atom. The number of aryl methyl sites for hydroxylation is 2. The highest BCUT2D eigenvalue weighted by molar-refractivity contribution is 9.10. The maximum Gasteiger partial charge on any atom is 0.377 e. The van der Waals surface area contributed by atoms with Crippen molar-refractivity contribution in [3.63, 3.8) is 0 Å². The van der Waals surface area contributed by atoms with Crippen LogP contribution in [0.2, 0.25) is 0 Å². The summed E-state index contributed by atoms with van der Waals surface area (Å²) in [5.41, 5.74) is 2.56. The van der Waals surface area contributed by atoms with Gasteiger partial charge in [0.1, 0.15) is 0 Å². The van der Waals surface area contributed by atoms with Crippen LogP contribution in [0, 0.1) is 19.3 Å². The minimum atomic E-state index is -1.43. The molecule has 1 N–H and O–H groups in total. The van der Waals surface area contributed by atoms with Gasteiger partial charge in [0.25, 0.3) is 5.78 Å². The number of carbonyl (C=O) groups excluding carboxylic acids is 1. The van der Waals surface area contributed by atoms with Gasteiger partial charge in [-0.2, -0.15) is 0 Å². The molecule has 3 rings (SSSR count). The second kappa shape index (κ2) is 6.47. The SMILES string of the molecule is Cc1nc(C)c(C(=O)C(=O)O)c(N2CCCC3(CCCC3)C2)c1Br. The number of pyridine rings is 1. The average molecular weight is 395 g/mol. The minimum Gasteiger partial charge on any atom is -0.475 e. The van der Waals surface area contributed by atoms with Crippen molar-refractivity contribution in [2.24, 2.45) is 5.41 Å². The number of ketones is 1. The van der Waals surface area contributed by atoms with Crippen molar-refractivity contribution < 1.29 is 14.7 Å². The molecular formula is C18H23BrN2O3. The highest BCUT2D eigenvalue weighted by atomic mass is 79.9. The van der Waals surface area contributed by atoms with Crippen LogP contribution in [0.15, 0.2) is 4.47 Å². The zero-order chi connectivity index (χ0) is 17.5. The van der Waals surface area contributed by atoms with Crippen LogP contribution in [-0.2, 0) is 4.79 Å². The maximum absolute atomic E-state index is 12.3. The lowest BCUT2D eigenvalue weighted by atomic mass is 9.78. The van der Waals surface area contributed by atoms with E-state index in [4.69, 9.17) is 0 Å². The number of carboxylic acids is 1. The summed E-state index contributed by atoms with van der Waals surface area (Å²) in [6.45, 7) is 5.34.